The average Bonchev–Trinajstić information content (AvgIpc) is 2.78. The van der Waals surface area contributed by atoms with Gasteiger partial charge >= 0.3 is 0 Å². The second-order valence-electron chi connectivity index (χ2n) is 3.23. The topological polar surface area (TPSA) is 46.9 Å². The van der Waals surface area contributed by atoms with Crippen LogP contribution >= 0.6 is 0 Å². The Labute approximate surface area is 91.7 Å². The molecule has 0 fully saturated rings. The monoisotopic (exact) mass is 219 g/mol. The number of aromatic nitrogens is 2. The zero-order valence-electron chi connectivity index (χ0n) is 8.64. The summed E-state index contributed by atoms with van der Waals surface area (Å²) in [6, 6.07) is 5.87. The lowest BCUT2D eigenvalue weighted by molar-refractivity contribution is 0.0963. The highest BCUT2D eigenvalue weighted by molar-refractivity contribution is 5.93. The summed E-state index contributed by atoms with van der Waals surface area (Å²) in [4.78, 5) is 11.3. The van der Waals surface area contributed by atoms with Gasteiger partial charge in [0.05, 0.1) is 17.4 Å². The molecule has 0 aliphatic heterocycles. The number of carbonyl (C=O) groups excluding carboxylic acids is 1. The van der Waals surface area contributed by atoms with Gasteiger partial charge in [-0.15, -0.1) is 0 Å². The fraction of sp³-hybridized carbons (Fsp3) is 0.0909. The second kappa shape index (κ2) is 4.14. The van der Waals surface area contributed by atoms with Gasteiger partial charge in [0, 0.05) is 13.2 Å². The zero-order valence-corrected chi connectivity index (χ0v) is 8.64. The second-order valence-corrected chi connectivity index (χ2v) is 3.23. The number of hydrogen-bond acceptors (Lipinski definition) is 2. The number of nitrogens with zero attached hydrogens (tertiary/aromatic N) is 2. The minimum Gasteiger partial charge on any atom is -0.355 e. The molecular formula is C11H10FN3O. The SMILES string of the molecule is CNC(=O)c1cnn(-c2ccc(F)cc2)c1. The molecular weight excluding hydrogens is 209 g/mol. The van der Waals surface area contributed by atoms with Gasteiger partial charge in [0.1, 0.15) is 5.82 Å². The molecule has 1 heterocycles. The largest absolute Gasteiger partial charge is 0.355 e. The molecule has 5 heteroatoms. The van der Waals surface area contributed by atoms with Gasteiger partial charge in [0.15, 0.2) is 0 Å². The van der Waals surface area contributed by atoms with E-state index in [-0.39, 0.29) is 11.7 Å². The van der Waals surface area contributed by atoms with E-state index in [1.165, 1.54) is 23.0 Å². The van der Waals surface area contributed by atoms with Gasteiger partial charge in [0.25, 0.3) is 5.91 Å². The van der Waals surface area contributed by atoms with Gasteiger partial charge in [0.2, 0.25) is 0 Å². The van der Waals surface area contributed by atoms with E-state index in [2.05, 4.69) is 10.4 Å². The summed E-state index contributed by atoms with van der Waals surface area (Å²) >= 11 is 0. The van der Waals surface area contributed by atoms with E-state index in [1.807, 2.05) is 0 Å². The summed E-state index contributed by atoms with van der Waals surface area (Å²) in [5.41, 5.74) is 1.17. The molecule has 1 aromatic heterocycles. The zero-order chi connectivity index (χ0) is 11.5. The first kappa shape index (κ1) is 10.4. The van der Waals surface area contributed by atoms with Crippen LogP contribution in [0.15, 0.2) is 36.7 Å². The van der Waals surface area contributed by atoms with Gasteiger partial charge < -0.3 is 5.32 Å². The molecule has 1 amide bonds. The maximum atomic E-state index is 12.7. The highest BCUT2D eigenvalue weighted by atomic mass is 19.1. The predicted octanol–water partition coefficient (Wildman–Crippen LogP) is 1.37. The summed E-state index contributed by atoms with van der Waals surface area (Å²) in [6.45, 7) is 0. The molecule has 0 unspecified atom stereocenters. The molecule has 1 N–H and O–H groups in total. The van der Waals surface area contributed by atoms with Gasteiger partial charge in [-0.05, 0) is 24.3 Å². The van der Waals surface area contributed by atoms with Gasteiger partial charge in [-0.25, -0.2) is 9.07 Å². The molecule has 0 aliphatic rings. The van der Waals surface area contributed by atoms with E-state index in [0.717, 1.165) is 0 Å². The molecule has 4 nitrogen and oxygen atoms in total. The van der Waals surface area contributed by atoms with Crippen LogP contribution < -0.4 is 5.32 Å². The van der Waals surface area contributed by atoms with Crippen LogP contribution in [0.4, 0.5) is 4.39 Å². The number of benzene rings is 1. The lowest BCUT2D eigenvalue weighted by Crippen LogP contribution is -2.16. The van der Waals surface area contributed by atoms with Crippen molar-refractivity contribution >= 4 is 5.91 Å². The quantitative estimate of drug-likeness (QED) is 0.829. The van der Waals surface area contributed by atoms with Crippen LogP contribution in [0.1, 0.15) is 10.4 Å². The minimum absolute atomic E-state index is 0.201. The molecule has 0 saturated heterocycles. The van der Waals surface area contributed by atoms with Crippen LogP contribution in [0.3, 0.4) is 0 Å². The van der Waals surface area contributed by atoms with Crippen LogP contribution in [0, 0.1) is 5.82 Å². The predicted molar refractivity (Wildman–Crippen MR) is 56.9 cm³/mol. The molecule has 0 radical (unpaired) electrons. The van der Waals surface area contributed by atoms with Crippen molar-refractivity contribution < 1.29 is 9.18 Å². The third-order valence-electron chi connectivity index (χ3n) is 2.16. The Balaban J connectivity index is 2.31. The van der Waals surface area contributed by atoms with E-state index in [1.54, 1.807) is 25.4 Å². The number of amides is 1. The molecule has 2 rings (SSSR count). The van der Waals surface area contributed by atoms with Crippen LogP contribution in [0.5, 0.6) is 0 Å². The maximum absolute atomic E-state index is 12.7. The van der Waals surface area contributed by atoms with Crippen molar-refractivity contribution in [3.8, 4) is 5.69 Å². The molecule has 0 aliphatic carbocycles. The summed E-state index contributed by atoms with van der Waals surface area (Å²) in [7, 11) is 1.55. The first-order valence-electron chi connectivity index (χ1n) is 4.73. The van der Waals surface area contributed by atoms with Crippen molar-refractivity contribution in [3.63, 3.8) is 0 Å². The summed E-state index contributed by atoms with van der Waals surface area (Å²) < 4.78 is 14.2. The highest BCUT2D eigenvalue weighted by Gasteiger charge is 2.06. The van der Waals surface area contributed by atoms with Crippen molar-refractivity contribution in [1.29, 1.82) is 0 Å². The Morgan fingerprint density at radius 1 is 1.38 bits per heavy atom. The Bertz CT molecular complexity index is 504. The van der Waals surface area contributed by atoms with Crippen LogP contribution in [0.2, 0.25) is 0 Å². The van der Waals surface area contributed by atoms with Crippen LogP contribution in [-0.4, -0.2) is 22.7 Å². The molecule has 82 valence electrons. The lowest BCUT2D eigenvalue weighted by atomic mass is 10.3. The number of rotatable bonds is 2. The van der Waals surface area contributed by atoms with Gasteiger partial charge in [-0.3, -0.25) is 4.79 Å². The smallest absolute Gasteiger partial charge is 0.254 e. The van der Waals surface area contributed by atoms with Crippen molar-refractivity contribution in [2.75, 3.05) is 7.05 Å². The van der Waals surface area contributed by atoms with E-state index >= 15 is 0 Å². The minimum atomic E-state index is -0.303. The molecule has 0 bridgehead atoms. The van der Waals surface area contributed by atoms with E-state index in [0.29, 0.717) is 11.3 Å². The number of nitrogens with one attached hydrogen (secondary N) is 1. The van der Waals surface area contributed by atoms with Crippen LogP contribution in [0.25, 0.3) is 5.69 Å². The molecule has 0 saturated carbocycles. The molecule has 0 spiro atoms. The van der Waals surface area contributed by atoms with Crippen LogP contribution in [-0.2, 0) is 0 Å². The summed E-state index contributed by atoms with van der Waals surface area (Å²) in [5, 5.41) is 6.52. The summed E-state index contributed by atoms with van der Waals surface area (Å²) in [5.74, 6) is -0.504. The molecule has 1 aromatic carbocycles. The van der Waals surface area contributed by atoms with E-state index < -0.39 is 0 Å². The fourth-order valence-corrected chi connectivity index (χ4v) is 1.32. The third-order valence-corrected chi connectivity index (χ3v) is 2.16. The highest BCUT2D eigenvalue weighted by Crippen LogP contribution is 2.09. The van der Waals surface area contributed by atoms with Crippen molar-refractivity contribution in [1.82, 2.24) is 15.1 Å². The summed E-state index contributed by atoms with van der Waals surface area (Å²) in [6.07, 6.45) is 3.05. The van der Waals surface area contributed by atoms with Gasteiger partial charge in [-0.1, -0.05) is 0 Å². The fourth-order valence-electron chi connectivity index (χ4n) is 1.32. The number of carbonyl (C=O) groups is 1. The first-order valence-corrected chi connectivity index (χ1v) is 4.73. The maximum Gasteiger partial charge on any atom is 0.254 e. The Morgan fingerprint density at radius 2 is 2.06 bits per heavy atom. The normalized spacial score (nSPS) is 10.1. The molecule has 2 aromatic rings. The van der Waals surface area contributed by atoms with E-state index in [4.69, 9.17) is 0 Å². The van der Waals surface area contributed by atoms with Crippen molar-refractivity contribution in [3.05, 3.63) is 48.0 Å². The van der Waals surface area contributed by atoms with E-state index in [9.17, 15) is 9.18 Å². The number of halogens is 1. The van der Waals surface area contributed by atoms with Crippen molar-refractivity contribution in [2.24, 2.45) is 0 Å². The Kier molecular flexibility index (Phi) is 2.68. The average molecular weight is 219 g/mol. The molecule has 16 heavy (non-hydrogen) atoms. The standard InChI is InChI=1S/C11H10FN3O/c1-13-11(16)8-6-14-15(7-8)10-4-2-9(12)3-5-10/h2-7H,1H3,(H,13,16). The third kappa shape index (κ3) is 1.93. The lowest BCUT2D eigenvalue weighted by Gasteiger charge is -1.99. The first-order chi connectivity index (χ1) is 7.70. The number of hydrogen-bond donors (Lipinski definition) is 1. The molecule has 0 atom stereocenters. The Hall–Kier alpha value is -2.17. The Morgan fingerprint density at radius 3 is 2.69 bits per heavy atom. The van der Waals surface area contributed by atoms with Gasteiger partial charge in [-0.2, -0.15) is 5.10 Å². The van der Waals surface area contributed by atoms with Crippen molar-refractivity contribution in [2.45, 2.75) is 0 Å².